The monoisotopic (exact) mass is 404 g/mol. The molecular weight excluding hydrogens is 383 g/mol. The lowest BCUT2D eigenvalue weighted by molar-refractivity contribution is -0.132. The Morgan fingerprint density at radius 2 is 1.52 bits per heavy atom. The summed E-state index contributed by atoms with van der Waals surface area (Å²) in [5.74, 6) is 0.0533. The highest BCUT2D eigenvalue weighted by Gasteiger charge is 2.25. The van der Waals surface area contributed by atoms with Gasteiger partial charge in [0.05, 0.1) is 10.0 Å². The maximum atomic E-state index is 12.6. The molecule has 0 spiro atoms. The first kappa shape index (κ1) is 19.7. The third-order valence-electron chi connectivity index (χ3n) is 4.83. The lowest BCUT2D eigenvalue weighted by Crippen LogP contribution is -2.50. The van der Waals surface area contributed by atoms with E-state index >= 15 is 0 Å². The van der Waals surface area contributed by atoms with Crippen LogP contribution in [0.5, 0.6) is 0 Å². The Bertz CT molecular complexity index is 829. The van der Waals surface area contributed by atoms with E-state index in [0.29, 0.717) is 48.2 Å². The van der Waals surface area contributed by atoms with E-state index in [2.05, 4.69) is 24.3 Å². The third kappa shape index (κ3) is 5.02. The molecule has 0 unspecified atom stereocenters. The summed E-state index contributed by atoms with van der Waals surface area (Å²) in [5, 5.41) is 0.796. The average molecular weight is 405 g/mol. The van der Waals surface area contributed by atoms with Crippen LogP contribution >= 0.6 is 23.2 Å². The lowest BCUT2D eigenvalue weighted by atomic mass is 10.1. The Morgan fingerprint density at radius 1 is 0.889 bits per heavy atom. The van der Waals surface area contributed by atoms with Crippen LogP contribution in [0.4, 0.5) is 0 Å². The Kier molecular flexibility index (Phi) is 6.40. The predicted molar refractivity (Wildman–Crippen MR) is 108 cm³/mol. The number of hydrogen-bond donors (Lipinski definition) is 0. The quantitative estimate of drug-likeness (QED) is 0.764. The van der Waals surface area contributed by atoms with Gasteiger partial charge in [0, 0.05) is 38.2 Å². The highest BCUT2D eigenvalue weighted by Crippen LogP contribution is 2.23. The second-order valence-electron chi connectivity index (χ2n) is 6.79. The molecule has 0 aliphatic carbocycles. The molecule has 1 aliphatic rings. The largest absolute Gasteiger partial charge is 0.339 e. The van der Waals surface area contributed by atoms with Crippen molar-refractivity contribution in [3.05, 3.63) is 69.2 Å². The summed E-state index contributed by atoms with van der Waals surface area (Å²) in [5.41, 5.74) is 2.90. The molecule has 1 saturated heterocycles. The van der Waals surface area contributed by atoms with Crippen LogP contribution in [-0.4, -0.2) is 47.8 Å². The van der Waals surface area contributed by atoms with E-state index in [4.69, 9.17) is 23.2 Å². The number of piperazine rings is 1. The van der Waals surface area contributed by atoms with Gasteiger partial charge >= 0.3 is 0 Å². The summed E-state index contributed by atoms with van der Waals surface area (Å²) >= 11 is 11.9. The van der Waals surface area contributed by atoms with Crippen LogP contribution in [0.3, 0.4) is 0 Å². The molecule has 0 saturated carbocycles. The van der Waals surface area contributed by atoms with Gasteiger partial charge in [-0.2, -0.15) is 0 Å². The van der Waals surface area contributed by atoms with E-state index in [9.17, 15) is 9.59 Å². The Hall–Kier alpha value is -2.04. The molecule has 0 bridgehead atoms. The number of halogens is 2. The Morgan fingerprint density at radius 3 is 2.15 bits per heavy atom. The fourth-order valence-corrected chi connectivity index (χ4v) is 3.43. The SMILES string of the molecule is Cc1ccc(CCC(=O)N2CCN(C(=O)c3ccc(Cl)c(Cl)c3)CC2)cc1. The summed E-state index contributed by atoms with van der Waals surface area (Å²) in [6.45, 7) is 4.21. The van der Waals surface area contributed by atoms with Gasteiger partial charge in [0.2, 0.25) is 5.91 Å². The minimum Gasteiger partial charge on any atom is -0.339 e. The zero-order chi connectivity index (χ0) is 19.4. The van der Waals surface area contributed by atoms with Crippen molar-refractivity contribution in [3.8, 4) is 0 Å². The molecule has 2 aromatic rings. The maximum absolute atomic E-state index is 12.6. The minimum absolute atomic E-state index is 0.0830. The van der Waals surface area contributed by atoms with Gasteiger partial charge in [-0.15, -0.1) is 0 Å². The van der Waals surface area contributed by atoms with Crippen LogP contribution < -0.4 is 0 Å². The highest BCUT2D eigenvalue weighted by atomic mass is 35.5. The van der Waals surface area contributed by atoms with Crippen molar-refractivity contribution in [1.29, 1.82) is 0 Å². The van der Waals surface area contributed by atoms with Crippen molar-refractivity contribution in [1.82, 2.24) is 9.80 Å². The second-order valence-corrected chi connectivity index (χ2v) is 7.60. The van der Waals surface area contributed by atoms with Gasteiger partial charge in [0.1, 0.15) is 0 Å². The molecular formula is C21H22Cl2N2O2. The van der Waals surface area contributed by atoms with Gasteiger partial charge in [-0.3, -0.25) is 9.59 Å². The Balaban J connectivity index is 1.50. The van der Waals surface area contributed by atoms with Crippen molar-refractivity contribution in [3.63, 3.8) is 0 Å². The molecule has 3 rings (SSSR count). The molecule has 1 aliphatic heterocycles. The number of nitrogens with zero attached hydrogens (tertiary/aromatic N) is 2. The number of aryl methyl sites for hydroxylation is 2. The topological polar surface area (TPSA) is 40.6 Å². The molecule has 2 aromatic carbocycles. The minimum atomic E-state index is -0.0830. The van der Waals surface area contributed by atoms with E-state index in [0.717, 1.165) is 6.42 Å². The molecule has 0 atom stereocenters. The number of carbonyl (C=O) groups excluding carboxylic acids is 2. The van der Waals surface area contributed by atoms with Crippen LogP contribution in [0.15, 0.2) is 42.5 Å². The van der Waals surface area contributed by atoms with Gasteiger partial charge in [0.25, 0.3) is 5.91 Å². The van der Waals surface area contributed by atoms with Gasteiger partial charge in [0.15, 0.2) is 0 Å². The van der Waals surface area contributed by atoms with Crippen LogP contribution in [-0.2, 0) is 11.2 Å². The number of carbonyl (C=O) groups is 2. The predicted octanol–water partition coefficient (Wildman–Crippen LogP) is 4.22. The van der Waals surface area contributed by atoms with Crippen molar-refractivity contribution in [2.24, 2.45) is 0 Å². The lowest BCUT2D eigenvalue weighted by Gasteiger charge is -2.35. The van der Waals surface area contributed by atoms with Gasteiger partial charge < -0.3 is 9.80 Å². The summed E-state index contributed by atoms with van der Waals surface area (Å²) < 4.78 is 0. The first-order valence-electron chi connectivity index (χ1n) is 9.01. The Labute approximate surface area is 169 Å². The van der Waals surface area contributed by atoms with Crippen LogP contribution in [0.25, 0.3) is 0 Å². The average Bonchev–Trinajstić information content (AvgIpc) is 2.69. The van der Waals surface area contributed by atoms with Crippen molar-refractivity contribution in [2.75, 3.05) is 26.2 Å². The summed E-state index contributed by atoms with van der Waals surface area (Å²) in [6, 6.07) is 13.1. The van der Waals surface area contributed by atoms with E-state index in [1.807, 2.05) is 11.8 Å². The van der Waals surface area contributed by atoms with E-state index in [-0.39, 0.29) is 11.8 Å². The van der Waals surface area contributed by atoms with Gasteiger partial charge in [-0.25, -0.2) is 0 Å². The maximum Gasteiger partial charge on any atom is 0.254 e. The van der Waals surface area contributed by atoms with E-state index in [1.54, 1.807) is 23.1 Å². The number of hydrogen-bond acceptors (Lipinski definition) is 2. The number of amides is 2. The van der Waals surface area contributed by atoms with Crippen LogP contribution in [0, 0.1) is 6.92 Å². The van der Waals surface area contributed by atoms with E-state index < -0.39 is 0 Å². The first-order valence-corrected chi connectivity index (χ1v) is 9.77. The zero-order valence-electron chi connectivity index (χ0n) is 15.3. The molecule has 2 amide bonds. The summed E-state index contributed by atoms with van der Waals surface area (Å²) in [4.78, 5) is 28.6. The number of benzene rings is 2. The number of rotatable bonds is 4. The first-order chi connectivity index (χ1) is 12.9. The smallest absolute Gasteiger partial charge is 0.254 e. The van der Waals surface area contributed by atoms with Gasteiger partial charge in [-0.1, -0.05) is 53.0 Å². The molecule has 27 heavy (non-hydrogen) atoms. The molecule has 0 radical (unpaired) electrons. The zero-order valence-corrected chi connectivity index (χ0v) is 16.8. The highest BCUT2D eigenvalue weighted by molar-refractivity contribution is 6.42. The molecule has 0 N–H and O–H groups in total. The van der Waals surface area contributed by atoms with E-state index in [1.165, 1.54) is 11.1 Å². The summed E-state index contributed by atoms with van der Waals surface area (Å²) in [7, 11) is 0. The standard InChI is InChI=1S/C21H22Cl2N2O2/c1-15-2-4-16(5-3-15)6-9-20(26)24-10-12-25(13-11-24)21(27)17-7-8-18(22)19(23)14-17/h2-5,7-8,14H,6,9-13H2,1H3. The van der Waals surface area contributed by atoms with Crippen molar-refractivity contribution in [2.45, 2.75) is 19.8 Å². The molecule has 0 aromatic heterocycles. The molecule has 142 valence electrons. The van der Waals surface area contributed by atoms with Gasteiger partial charge in [-0.05, 0) is 37.1 Å². The molecule has 6 heteroatoms. The van der Waals surface area contributed by atoms with Crippen LogP contribution in [0.2, 0.25) is 10.0 Å². The second kappa shape index (κ2) is 8.77. The fourth-order valence-electron chi connectivity index (χ4n) is 3.13. The van der Waals surface area contributed by atoms with Crippen molar-refractivity contribution < 1.29 is 9.59 Å². The molecule has 4 nitrogen and oxygen atoms in total. The normalized spacial score (nSPS) is 14.3. The molecule has 1 heterocycles. The van der Waals surface area contributed by atoms with Crippen LogP contribution in [0.1, 0.15) is 27.9 Å². The third-order valence-corrected chi connectivity index (χ3v) is 5.57. The van der Waals surface area contributed by atoms with Crippen molar-refractivity contribution >= 4 is 35.0 Å². The summed E-state index contributed by atoms with van der Waals surface area (Å²) in [6.07, 6.45) is 1.23. The molecule has 1 fully saturated rings. The fraction of sp³-hybridized carbons (Fsp3) is 0.333.